The second-order valence-electron chi connectivity index (χ2n) is 0.792. The van der Waals surface area contributed by atoms with Crippen molar-refractivity contribution in [1.82, 2.24) is 0 Å². The largest absolute Gasteiger partial charge is 0.412 e. The summed E-state index contributed by atoms with van der Waals surface area (Å²) in [7, 11) is -9.39. The molecule has 0 aliphatic heterocycles. The summed E-state index contributed by atoms with van der Waals surface area (Å²) in [5.74, 6) is 0. The first kappa shape index (κ1) is 36.1. The van der Waals surface area contributed by atoms with E-state index in [9.17, 15) is 0 Å². The van der Waals surface area contributed by atoms with Crippen LogP contribution in [-0.4, -0.2) is 74.6 Å². The van der Waals surface area contributed by atoms with Crippen molar-refractivity contribution in [3.8, 4) is 0 Å². The fourth-order valence-electron chi connectivity index (χ4n) is 0. The monoisotopic (exact) mass is 392 g/mol. The zero-order valence-corrected chi connectivity index (χ0v) is 12.3. The summed E-state index contributed by atoms with van der Waals surface area (Å²) < 4.78 is 65.4. The van der Waals surface area contributed by atoms with Gasteiger partial charge in [-0.1, -0.05) is 0 Å². The van der Waals surface area contributed by atoms with Crippen LogP contribution in [0.25, 0.3) is 0 Å². The van der Waals surface area contributed by atoms with E-state index in [0.717, 1.165) is 0 Å². The van der Waals surface area contributed by atoms with Gasteiger partial charge in [-0.25, -0.2) is 0 Å². The molecule has 14 heteroatoms. The third-order valence-corrected chi connectivity index (χ3v) is 0. The number of hydrogen-bond donors (Lipinski definition) is 2. The number of hydrogen-bond acceptors (Lipinski definition) is 8. The second-order valence-corrected chi connectivity index (χ2v) is 2.38. The summed E-state index contributed by atoms with van der Waals surface area (Å²) >= 11 is 0. The molecule has 0 saturated heterocycles. The molecule has 0 spiro atoms. The Morgan fingerprint density at radius 2 is 0.571 bits per heavy atom. The van der Waals surface area contributed by atoms with Crippen LogP contribution in [0.4, 0.5) is 0 Å². The molecule has 0 unspecified atom stereocenters. The Hall–Kier alpha value is 1.71. The molecule has 0 amide bonds. The van der Waals surface area contributed by atoms with Gasteiger partial charge in [0.1, 0.15) is 0 Å². The van der Waals surface area contributed by atoms with Gasteiger partial charge in [-0.15, -0.1) is 0 Å². The maximum atomic E-state index is 8.60. The summed E-state index contributed by atoms with van der Waals surface area (Å²) in [5.41, 5.74) is 0. The Labute approximate surface area is 122 Å². The minimum Gasteiger partial charge on any atom is -0.412 e. The molecule has 0 rings (SSSR count). The van der Waals surface area contributed by atoms with Crippen molar-refractivity contribution in [3.63, 3.8) is 0 Å². The van der Waals surface area contributed by atoms with Crippen LogP contribution in [-0.2, 0) is 0 Å². The molecule has 0 fully saturated rings. The molecule has 0 heterocycles. The molecule has 0 atom stereocenters. The summed E-state index contributed by atoms with van der Waals surface area (Å²) in [4.78, 5) is 0. The topological polar surface area (TPSA) is 273 Å². The van der Waals surface area contributed by atoms with E-state index in [1.54, 1.807) is 0 Å². The van der Waals surface area contributed by atoms with E-state index < -0.39 is 20.5 Å². The van der Waals surface area contributed by atoms with Gasteiger partial charge in [-0.2, -0.15) is 28.0 Å². The van der Waals surface area contributed by atoms with E-state index in [2.05, 4.69) is 0 Å². The molecule has 0 aliphatic carbocycles. The average molecular weight is 392 g/mol. The SMILES string of the molecule is O.O.O.[Ba].[O-][Cl+3]([O-])([O-])O.[O-][Cl+3]([O-])([O-])O. The molecule has 0 bridgehead atoms. The van der Waals surface area contributed by atoms with E-state index >= 15 is 0 Å². The van der Waals surface area contributed by atoms with E-state index in [-0.39, 0.29) is 65.3 Å². The minimum atomic E-state index is -4.69. The van der Waals surface area contributed by atoms with Crippen molar-refractivity contribution in [3.05, 3.63) is 0 Å². The molecule has 14 heavy (non-hydrogen) atoms. The van der Waals surface area contributed by atoms with Crippen LogP contribution in [0.15, 0.2) is 0 Å². The van der Waals surface area contributed by atoms with Crippen LogP contribution >= 0.6 is 0 Å². The van der Waals surface area contributed by atoms with Crippen LogP contribution in [0, 0.1) is 20.5 Å². The Balaban J connectivity index is -0.0000000178. The summed E-state index contributed by atoms with van der Waals surface area (Å²) in [6.07, 6.45) is 0. The van der Waals surface area contributed by atoms with Gasteiger partial charge in [0, 0.05) is 48.9 Å². The molecule has 8 N–H and O–H groups in total. The van der Waals surface area contributed by atoms with E-state index in [4.69, 9.17) is 37.3 Å². The van der Waals surface area contributed by atoms with Crippen LogP contribution in [0.5, 0.6) is 0 Å². The second kappa shape index (κ2) is 14.7. The minimum absolute atomic E-state index is 0. The fourth-order valence-corrected chi connectivity index (χ4v) is 0. The summed E-state index contributed by atoms with van der Waals surface area (Å²) in [5, 5.41) is 0. The van der Waals surface area contributed by atoms with Gasteiger partial charge >= 0.3 is 0 Å². The normalized spacial score (nSPS) is 8.57. The van der Waals surface area contributed by atoms with Crippen molar-refractivity contribution in [2.45, 2.75) is 0 Å². The van der Waals surface area contributed by atoms with Crippen LogP contribution < -0.4 is 28.0 Å². The Kier molecular flexibility index (Phi) is 37.9. The van der Waals surface area contributed by atoms with Gasteiger partial charge in [-0.3, -0.25) is 0 Å². The zero-order chi connectivity index (χ0) is 9.00. The quantitative estimate of drug-likeness (QED) is 0.372. The number of rotatable bonds is 0. The summed E-state index contributed by atoms with van der Waals surface area (Å²) in [6.45, 7) is 0. The third-order valence-electron chi connectivity index (χ3n) is 0. The molecule has 0 aliphatic rings. The first-order chi connectivity index (χ1) is 4.00. The molecular formula is H8BaCl2O11. The van der Waals surface area contributed by atoms with Gasteiger partial charge in [-0.05, 0) is 0 Å². The number of halogens is 2. The Morgan fingerprint density at radius 1 is 0.571 bits per heavy atom. The molecule has 2 radical (unpaired) electrons. The van der Waals surface area contributed by atoms with Crippen molar-refractivity contribution in [2.75, 3.05) is 0 Å². The third kappa shape index (κ3) is 756. The predicted molar refractivity (Wildman–Crippen MR) is 21.0 cm³/mol. The van der Waals surface area contributed by atoms with Crippen molar-refractivity contribution in [2.24, 2.45) is 0 Å². The van der Waals surface area contributed by atoms with Crippen LogP contribution in [0.2, 0.25) is 0 Å². The molecule has 0 aromatic heterocycles. The summed E-state index contributed by atoms with van der Waals surface area (Å²) in [6, 6.07) is 0. The molecule has 90 valence electrons. The van der Waals surface area contributed by atoms with E-state index in [1.807, 2.05) is 0 Å². The van der Waals surface area contributed by atoms with Crippen LogP contribution in [0.3, 0.4) is 0 Å². The molecule has 11 nitrogen and oxygen atoms in total. The van der Waals surface area contributed by atoms with Gasteiger partial charge in [0.2, 0.25) is 0 Å². The fraction of sp³-hybridized carbons (Fsp3) is 0. The smallest absolute Gasteiger partial charge is 0.0777 e. The van der Waals surface area contributed by atoms with E-state index in [0.29, 0.717) is 0 Å². The van der Waals surface area contributed by atoms with Gasteiger partial charge in [0.15, 0.2) is 0 Å². The average Bonchev–Trinajstić information content (AvgIpc) is 1.12. The standard InChI is InChI=1S/Ba.2ClHO4.3H2O/c;2*2-1(3,4)5;;;/h;2*(H,2,3,4,5);3*1H2. The first-order valence-electron chi connectivity index (χ1n) is 1.26. The van der Waals surface area contributed by atoms with Gasteiger partial charge < -0.3 is 16.4 Å². The maximum absolute atomic E-state index is 8.60. The van der Waals surface area contributed by atoms with Gasteiger partial charge in [0.05, 0.1) is 29.8 Å². The molecular weight excluding hydrogens is 384 g/mol. The molecule has 0 saturated carbocycles. The van der Waals surface area contributed by atoms with Crippen LogP contribution in [0.1, 0.15) is 0 Å². The van der Waals surface area contributed by atoms with Crippen molar-refractivity contribution < 1.29 is 74.2 Å². The van der Waals surface area contributed by atoms with Gasteiger partial charge in [0.25, 0.3) is 0 Å². The predicted octanol–water partition coefficient (Wildman–Crippen LogP) is -11.1. The molecule has 0 aromatic carbocycles. The first-order valence-corrected chi connectivity index (χ1v) is 3.79. The van der Waals surface area contributed by atoms with Crippen molar-refractivity contribution >= 4 is 48.9 Å². The Bertz CT molecular complexity index is 56.3. The maximum Gasteiger partial charge on any atom is 0.0777 e. The van der Waals surface area contributed by atoms with E-state index in [1.165, 1.54) is 0 Å². The van der Waals surface area contributed by atoms with Crippen molar-refractivity contribution in [1.29, 1.82) is 0 Å². The zero-order valence-electron chi connectivity index (χ0n) is 6.31. The Morgan fingerprint density at radius 3 is 0.571 bits per heavy atom. The molecule has 0 aromatic rings.